The highest BCUT2D eigenvalue weighted by Gasteiger charge is 2.76. The first-order valence-corrected chi connectivity index (χ1v) is 14.8. The Morgan fingerprint density at radius 3 is 2.48 bits per heavy atom. The molecule has 20 heteroatoms. The second kappa shape index (κ2) is 11.2. The van der Waals surface area contributed by atoms with Crippen LogP contribution < -0.4 is 10.6 Å². The standard InChI is InChI=1S/C28H30F8N8O4/c1-24(7-14-15(8-24)27(14,32)33)25(2,40-22(45)21-16(41-48-42-21)4-5-26(29,30)31)18-11-44-20(38-18)6-13(9-37-44)17(12-47-3)43-10-19(28(34,35)36)39-23(43)46/h6,9,11,14-15,17,19H,4-5,7-8,10,12H2,1-3H3,(H,39,46)(H,40,45)/t14-,15+,17-,19+,24?,25+/m1/s1. The lowest BCUT2D eigenvalue weighted by Gasteiger charge is -2.45. The molecule has 2 N–H and O–H groups in total. The molecule has 1 aliphatic heterocycles. The van der Waals surface area contributed by atoms with Crippen molar-refractivity contribution in [3.05, 3.63) is 41.1 Å². The molecule has 0 bridgehead atoms. The van der Waals surface area contributed by atoms with Gasteiger partial charge in [-0.15, -0.1) is 0 Å². The van der Waals surface area contributed by atoms with Crippen molar-refractivity contribution in [3.63, 3.8) is 0 Å². The molecule has 0 spiro atoms. The SMILES string of the molecule is COC[C@H](c1cnn2cc([C@](C)(NC(=O)c3nonc3CCC(F)(F)F)C3(C)C[C@@H]4[C@H](C3)C4(F)F)nc2c1)N1C[C@@H](C(F)(F)F)NC1=O. The van der Waals surface area contributed by atoms with Crippen molar-refractivity contribution >= 4 is 17.6 Å². The molecule has 3 fully saturated rings. The first kappa shape index (κ1) is 33.8. The van der Waals surface area contributed by atoms with E-state index in [0.29, 0.717) is 0 Å². The van der Waals surface area contributed by atoms with Crippen LogP contribution >= 0.6 is 0 Å². The number of hydrogen-bond donors (Lipinski definition) is 2. The molecule has 3 aromatic heterocycles. The van der Waals surface area contributed by atoms with Gasteiger partial charge in [0.25, 0.3) is 11.8 Å². The summed E-state index contributed by atoms with van der Waals surface area (Å²) in [7, 11) is 1.31. The number of aryl methyl sites for hydroxylation is 1. The van der Waals surface area contributed by atoms with Crippen molar-refractivity contribution in [1.29, 1.82) is 0 Å². The summed E-state index contributed by atoms with van der Waals surface area (Å²) in [4.78, 5) is 31.7. The Labute approximate surface area is 266 Å². The maximum Gasteiger partial charge on any atom is 0.410 e. The van der Waals surface area contributed by atoms with Crippen molar-refractivity contribution in [3.8, 4) is 0 Å². The van der Waals surface area contributed by atoms with E-state index in [0.717, 1.165) is 4.90 Å². The van der Waals surface area contributed by atoms with E-state index >= 15 is 0 Å². The lowest BCUT2D eigenvalue weighted by molar-refractivity contribution is -0.150. The van der Waals surface area contributed by atoms with Gasteiger partial charge in [-0.25, -0.2) is 27.7 Å². The molecule has 3 aliphatic rings. The zero-order chi connectivity index (χ0) is 35.0. The molecule has 3 amide bonds. The molecular formula is C28H30F8N8O4. The van der Waals surface area contributed by atoms with E-state index in [1.165, 1.54) is 30.1 Å². The minimum Gasteiger partial charge on any atom is -0.382 e. The summed E-state index contributed by atoms with van der Waals surface area (Å²) in [6.45, 7) is 2.38. The van der Waals surface area contributed by atoms with Crippen LogP contribution in [0.5, 0.6) is 0 Å². The number of carbonyl (C=O) groups is 2. The number of nitrogens with zero attached hydrogens (tertiary/aromatic N) is 6. The van der Waals surface area contributed by atoms with Crippen molar-refractivity contribution in [2.24, 2.45) is 17.3 Å². The quantitative estimate of drug-likeness (QED) is 0.294. The third kappa shape index (κ3) is 5.80. The van der Waals surface area contributed by atoms with Gasteiger partial charge in [-0.1, -0.05) is 12.1 Å². The number of fused-ring (bicyclic) bond motifs is 2. The summed E-state index contributed by atoms with van der Waals surface area (Å²) in [6, 6.07) is -2.58. The van der Waals surface area contributed by atoms with Crippen LogP contribution in [-0.2, 0) is 16.7 Å². The average Bonchev–Trinajstić information content (AvgIpc) is 3.65. The van der Waals surface area contributed by atoms with Gasteiger partial charge in [0.1, 0.15) is 11.7 Å². The Bertz CT molecular complexity index is 1710. The molecule has 6 rings (SSSR count). The van der Waals surface area contributed by atoms with Gasteiger partial charge < -0.3 is 20.3 Å². The molecule has 2 aliphatic carbocycles. The zero-order valence-electron chi connectivity index (χ0n) is 25.6. The Balaban J connectivity index is 1.34. The molecule has 1 unspecified atom stereocenters. The van der Waals surface area contributed by atoms with E-state index in [-0.39, 0.29) is 42.0 Å². The number of urea groups is 1. The molecule has 4 heterocycles. The Kier molecular flexibility index (Phi) is 7.90. The van der Waals surface area contributed by atoms with Crippen molar-refractivity contribution < 1.29 is 54.1 Å². The third-order valence-electron chi connectivity index (χ3n) is 9.97. The fraction of sp³-hybridized carbons (Fsp3) is 0.643. The smallest absolute Gasteiger partial charge is 0.382 e. The molecule has 3 aromatic rings. The van der Waals surface area contributed by atoms with E-state index in [4.69, 9.17) is 4.74 Å². The normalized spacial score (nSPS) is 27.1. The molecule has 48 heavy (non-hydrogen) atoms. The number of nitrogens with one attached hydrogen (secondary N) is 2. The van der Waals surface area contributed by atoms with Crippen LogP contribution in [0.2, 0.25) is 0 Å². The van der Waals surface area contributed by atoms with Crippen LogP contribution in [-0.4, -0.2) is 86.3 Å². The number of rotatable bonds is 10. The fourth-order valence-corrected chi connectivity index (χ4v) is 6.94. The summed E-state index contributed by atoms with van der Waals surface area (Å²) >= 11 is 0. The first-order valence-electron chi connectivity index (χ1n) is 14.8. The number of alkyl halides is 8. The number of hydrogen-bond acceptors (Lipinski definition) is 8. The number of halogens is 8. The third-order valence-corrected chi connectivity index (χ3v) is 9.97. The van der Waals surface area contributed by atoms with Crippen LogP contribution in [0, 0.1) is 17.3 Å². The van der Waals surface area contributed by atoms with E-state index in [1.54, 1.807) is 13.8 Å². The summed E-state index contributed by atoms with van der Waals surface area (Å²) in [6.07, 6.45) is -8.51. The van der Waals surface area contributed by atoms with Crippen LogP contribution in [0.15, 0.2) is 23.1 Å². The molecule has 6 atom stereocenters. The molecule has 1 saturated heterocycles. The molecular weight excluding hydrogens is 664 g/mol. The van der Waals surface area contributed by atoms with Gasteiger partial charge in [0.15, 0.2) is 11.3 Å². The summed E-state index contributed by atoms with van der Waals surface area (Å²) < 4.78 is 119. The van der Waals surface area contributed by atoms with Gasteiger partial charge in [0.05, 0.1) is 42.8 Å². The molecule has 262 valence electrons. The fourth-order valence-electron chi connectivity index (χ4n) is 6.94. The largest absolute Gasteiger partial charge is 0.410 e. The van der Waals surface area contributed by atoms with Crippen molar-refractivity contribution in [2.75, 3.05) is 20.3 Å². The van der Waals surface area contributed by atoms with Crippen molar-refractivity contribution in [1.82, 2.24) is 40.4 Å². The van der Waals surface area contributed by atoms with Gasteiger partial charge in [-0.3, -0.25) is 4.79 Å². The number of aromatic nitrogens is 5. The Hall–Kier alpha value is -4.10. The molecule has 0 aromatic carbocycles. The second-order valence-electron chi connectivity index (χ2n) is 13.0. The number of carbonyl (C=O) groups excluding carboxylic acids is 2. The highest BCUT2D eigenvalue weighted by molar-refractivity contribution is 5.93. The van der Waals surface area contributed by atoms with Crippen LogP contribution in [0.3, 0.4) is 0 Å². The molecule has 12 nitrogen and oxygen atoms in total. The lowest BCUT2D eigenvalue weighted by Crippen LogP contribution is -2.55. The van der Waals surface area contributed by atoms with E-state index in [9.17, 15) is 44.7 Å². The maximum absolute atomic E-state index is 14.3. The maximum atomic E-state index is 14.3. The highest BCUT2D eigenvalue weighted by Crippen LogP contribution is 2.72. The Morgan fingerprint density at radius 2 is 1.88 bits per heavy atom. The predicted octanol–water partition coefficient (Wildman–Crippen LogP) is 4.58. The van der Waals surface area contributed by atoms with Crippen molar-refractivity contribution in [2.45, 2.75) is 75.4 Å². The topological polar surface area (TPSA) is 140 Å². The van der Waals surface area contributed by atoms with Gasteiger partial charge in [-0.05, 0) is 36.4 Å². The number of imidazole rings is 1. The minimum atomic E-state index is -4.68. The van der Waals surface area contributed by atoms with Gasteiger partial charge >= 0.3 is 18.4 Å². The molecule has 0 radical (unpaired) electrons. The van der Waals surface area contributed by atoms with E-state index in [2.05, 4.69) is 30.3 Å². The first-order chi connectivity index (χ1) is 22.3. The predicted molar refractivity (Wildman–Crippen MR) is 145 cm³/mol. The number of amides is 3. The average molecular weight is 695 g/mol. The lowest BCUT2D eigenvalue weighted by atomic mass is 9.66. The summed E-state index contributed by atoms with van der Waals surface area (Å²) in [5.74, 6) is -5.73. The number of ether oxygens (including phenoxy) is 1. The van der Waals surface area contributed by atoms with E-state index in [1.807, 2.05) is 5.32 Å². The van der Waals surface area contributed by atoms with Gasteiger partial charge in [0, 0.05) is 37.4 Å². The second-order valence-corrected chi connectivity index (χ2v) is 13.0. The van der Waals surface area contributed by atoms with E-state index < -0.39 is 90.2 Å². The number of methoxy groups -OCH3 is 1. The Morgan fingerprint density at radius 1 is 1.19 bits per heavy atom. The van der Waals surface area contributed by atoms with Crippen LogP contribution in [0.25, 0.3) is 5.65 Å². The monoisotopic (exact) mass is 694 g/mol. The summed E-state index contributed by atoms with van der Waals surface area (Å²) in [5.41, 5.74) is -2.84. The highest BCUT2D eigenvalue weighted by atomic mass is 19.4. The van der Waals surface area contributed by atoms with Crippen LogP contribution in [0.1, 0.15) is 66.6 Å². The molecule has 2 saturated carbocycles. The zero-order valence-corrected chi connectivity index (χ0v) is 25.6. The summed E-state index contributed by atoms with van der Waals surface area (Å²) in [5, 5.41) is 15.9. The minimum absolute atomic E-state index is 0.0215. The van der Waals surface area contributed by atoms with Gasteiger partial charge in [-0.2, -0.15) is 31.4 Å². The van der Waals surface area contributed by atoms with Crippen LogP contribution in [0.4, 0.5) is 39.9 Å². The van der Waals surface area contributed by atoms with Gasteiger partial charge in [0.2, 0.25) is 0 Å².